The number of nitrogens with zero attached hydrogens (tertiary/aromatic N) is 2. The van der Waals surface area contributed by atoms with E-state index in [1.54, 1.807) is 13.0 Å². The lowest BCUT2D eigenvalue weighted by atomic mass is 10.1. The van der Waals surface area contributed by atoms with Crippen molar-refractivity contribution in [2.45, 2.75) is 38.7 Å². The lowest BCUT2D eigenvalue weighted by Crippen LogP contribution is -2.28. The fourth-order valence-corrected chi connectivity index (χ4v) is 2.63. The minimum absolute atomic E-state index is 0.0912. The van der Waals surface area contributed by atoms with Crippen LogP contribution in [0.1, 0.15) is 59.7 Å². The molecule has 136 valence electrons. The summed E-state index contributed by atoms with van der Waals surface area (Å²) in [6, 6.07) is 6.92. The zero-order valence-electron chi connectivity index (χ0n) is 14.3. The van der Waals surface area contributed by atoms with Crippen LogP contribution in [0.5, 0.6) is 0 Å². The lowest BCUT2D eigenvalue weighted by Gasteiger charge is -2.15. The molecule has 1 atom stereocenters. The summed E-state index contributed by atoms with van der Waals surface area (Å²) in [6.45, 7) is 1.71. The number of carbonyl (C=O) groups is 2. The first-order valence-electron chi connectivity index (χ1n) is 8.47. The normalized spacial score (nSPS) is 14.9. The third-order valence-corrected chi connectivity index (χ3v) is 4.31. The fourth-order valence-electron chi connectivity index (χ4n) is 2.63. The maximum atomic E-state index is 12.8. The van der Waals surface area contributed by atoms with E-state index in [-0.39, 0.29) is 29.4 Å². The van der Waals surface area contributed by atoms with Gasteiger partial charge in [0.05, 0.1) is 12.5 Å². The topological polar surface area (TPSA) is 72.0 Å². The van der Waals surface area contributed by atoms with Crippen molar-refractivity contribution in [3.05, 3.63) is 59.2 Å². The maximum absolute atomic E-state index is 12.8. The minimum atomic E-state index is -2.56. The van der Waals surface area contributed by atoms with Crippen LogP contribution < -0.4 is 5.32 Å². The van der Waals surface area contributed by atoms with E-state index < -0.39 is 18.4 Å². The zero-order chi connectivity index (χ0) is 18.7. The predicted octanol–water partition coefficient (Wildman–Crippen LogP) is 3.43. The molecule has 7 heteroatoms. The van der Waals surface area contributed by atoms with Gasteiger partial charge in [0.15, 0.2) is 0 Å². The number of amides is 1. The molecule has 2 aromatic rings. The molecule has 1 fully saturated rings. The summed E-state index contributed by atoms with van der Waals surface area (Å²) in [4.78, 5) is 32.5. The Balaban J connectivity index is 1.67. The van der Waals surface area contributed by atoms with Crippen molar-refractivity contribution in [3.63, 3.8) is 0 Å². The minimum Gasteiger partial charge on any atom is -0.344 e. The zero-order valence-corrected chi connectivity index (χ0v) is 14.3. The van der Waals surface area contributed by atoms with Crippen LogP contribution in [0, 0.1) is 5.92 Å². The van der Waals surface area contributed by atoms with Crippen molar-refractivity contribution in [2.24, 2.45) is 5.92 Å². The first-order chi connectivity index (χ1) is 12.4. The summed E-state index contributed by atoms with van der Waals surface area (Å²) in [5.74, 6) is 0.0855. The molecule has 1 aliphatic carbocycles. The molecule has 1 aromatic heterocycles. The van der Waals surface area contributed by atoms with E-state index in [0.29, 0.717) is 11.4 Å². The molecular weight excluding hydrogens is 340 g/mol. The van der Waals surface area contributed by atoms with Crippen molar-refractivity contribution in [1.82, 2.24) is 15.3 Å². The summed E-state index contributed by atoms with van der Waals surface area (Å²) >= 11 is 0. The highest BCUT2D eigenvalue weighted by atomic mass is 19.3. The Labute approximate surface area is 149 Å². The number of hydrogen-bond donors (Lipinski definition) is 1. The maximum Gasteiger partial charge on any atom is 0.270 e. The molecule has 3 rings (SSSR count). The Morgan fingerprint density at radius 1 is 1.23 bits per heavy atom. The molecule has 1 unspecified atom stereocenters. The second kappa shape index (κ2) is 7.68. The number of Topliss-reactive ketones (excluding diaryl/α,β-unsaturated/α-hetero) is 1. The van der Waals surface area contributed by atoms with Crippen LogP contribution in [-0.2, 0) is 11.2 Å². The molecule has 1 aromatic carbocycles. The summed E-state index contributed by atoms with van der Waals surface area (Å²) in [5, 5.41) is 2.74. The highest BCUT2D eigenvalue weighted by molar-refractivity contribution is 5.92. The number of benzene rings is 1. The van der Waals surface area contributed by atoms with E-state index in [2.05, 4.69) is 15.3 Å². The molecule has 1 saturated carbocycles. The average molecular weight is 359 g/mol. The van der Waals surface area contributed by atoms with Crippen molar-refractivity contribution in [3.8, 4) is 0 Å². The molecule has 0 bridgehead atoms. The van der Waals surface area contributed by atoms with Gasteiger partial charge in [-0.3, -0.25) is 9.59 Å². The highest BCUT2D eigenvalue weighted by Gasteiger charge is 2.29. The van der Waals surface area contributed by atoms with Crippen LogP contribution >= 0.6 is 0 Å². The number of nitrogens with one attached hydrogen (secondary N) is 1. The summed E-state index contributed by atoms with van der Waals surface area (Å²) in [5.41, 5.74) is 0.635. The van der Waals surface area contributed by atoms with E-state index in [1.165, 1.54) is 30.5 Å². The number of carbonyl (C=O) groups excluding carboxylic acids is 2. The summed E-state index contributed by atoms with van der Waals surface area (Å²) in [6.07, 6.45) is 0.825. The van der Waals surface area contributed by atoms with Gasteiger partial charge in [-0.15, -0.1) is 0 Å². The first-order valence-corrected chi connectivity index (χ1v) is 8.47. The summed E-state index contributed by atoms with van der Waals surface area (Å²) in [7, 11) is 0. The predicted molar refractivity (Wildman–Crippen MR) is 90.7 cm³/mol. The highest BCUT2D eigenvalue weighted by Crippen LogP contribution is 2.30. The number of alkyl halides is 2. The molecule has 1 amide bonds. The van der Waals surface area contributed by atoms with Gasteiger partial charge in [-0.25, -0.2) is 18.7 Å². The van der Waals surface area contributed by atoms with Crippen LogP contribution in [0.15, 0.2) is 36.5 Å². The Morgan fingerprint density at radius 2 is 1.96 bits per heavy atom. The van der Waals surface area contributed by atoms with Gasteiger partial charge in [0, 0.05) is 17.7 Å². The van der Waals surface area contributed by atoms with E-state index in [4.69, 9.17) is 0 Å². The van der Waals surface area contributed by atoms with Crippen molar-refractivity contribution >= 4 is 11.7 Å². The van der Waals surface area contributed by atoms with E-state index >= 15 is 0 Å². The second-order valence-corrected chi connectivity index (χ2v) is 6.44. The van der Waals surface area contributed by atoms with Crippen LogP contribution in [0.4, 0.5) is 8.78 Å². The second-order valence-electron chi connectivity index (χ2n) is 6.44. The number of hydrogen-bond acceptors (Lipinski definition) is 4. The molecule has 0 spiro atoms. The molecular formula is C19H19F2N3O2. The van der Waals surface area contributed by atoms with Gasteiger partial charge in [-0.1, -0.05) is 18.2 Å². The van der Waals surface area contributed by atoms with Gasteiger partial charge in [0.25, 0.3) is 12.3 Å². The average Bonchev–Trinajstić information content (AvgIpc) is 3.47. The quantitative estimate of drug-likeness (QED) is 0.822. The number of ketones is 1. The van der Waals surface area contributed by atoms with Crippen LogP contribution in [0.25, 0.3) is 0 Å². The summed E-state index contributed by atoms with van der Waals surface area (Å²) < 4.78 is 25.6. The number of aromatic nitrogens is 2. The molecule has 26 heavy (non-hydrogen) atoms. The molecule has 1 heterocycles. The first kappa shape index (κ1) is 18.1. The standard InChI is InChI=1S/C19H19F2N3O2/c1-11(13-3-2-4-14(9-13)18(20)21)23-19(26)15-7-8-22-17(24-15)10-16(25)12-5-6-12/h2-4,7-9,11-12,18H,5-6,10H2,1H3,(H,23,26). The van der Waals surface area contributed by atoms with E-state index in [1.807, 2.05) is 0 Å². The Morgan fingerprint density at radius 3 is 2.65 bits per heavy atom. The number of rotatable bonds is 7. The number of halogens is 2. The van der Waals surface area contributed by atoms with Gasteiger partial charge < -0.3 is 5.32 Å². The third-order valence-electron chi connectivity index (χ3n) is 4.31. The SMILES string of the molecule is CC(NC(=O)c1ccnc(CC(=O)C2CC2)n1)c1cccc(C(F)F)c1. The van der Waals surface area contributed by atoms with E-state index in [9.17, 15) is 18.4 Å². The van der Waals surface area contributed by atoms with Crippen LogP contribution in [0.3, 0.4) is 0 Å². The molecule has 0 saturated heterocycles. The fraction of sp³-hybridized carbons (Fsp3) is 0.368. The van der Waals surface area contributed by atoms with Gasteiger partial charge in [0.2, 0.25) is 0 Å². The van der Waals surface area contributed by atoms with Gasteiger partial charge in [0.1, 0.15) is 17.3 Å². The van der Waals surface area contributed by atoms with Crippen LogP contribution in [0.2, 0.25) is 0 Å². The third kappa shape index (κ3) is 4.47. The van der Waals surface area contributed by atoms with E-state index in [0.717, 1.165) is 12.8 Å². The smallest absolute Gasteiger partial charge is 0.270 e. The lowest BCUT2D eigenvalue weighted by molar-refractivity contribution is -0.119. The Kier molecular flexibility index (Phi) is 5.35. The molecule has 0 radical (unpaired) electrons. The van der Waals surface area contributed by atoms with Crippen molar-refractivity contribution < 1.29 is 18.4 Å². The van der Waals surface area contributed by atoms with Crippen molar-refractivity contribution in [1.29, 1.82) is 0 Å². The molecule has 0 aliphatic heterocycles. The molecule has 1 N–H and O–H groups in total. The Hall–Kier alpha value is -2.70. The van der Waals surface area contributed by atoms with Gasteiger partial charge in [-0.05, 0) is 37.5 Å². The monoisotopic (exact) mass is 359 g/mol. The molecule has 1 aliphatic rings. The van der Waals surface area contributed by atoms with Crippen LogP contribution in [-0.4, -0.2) is 21.7 Å². The Bertz CT molecular complexity index is 822. The van der Waals surface area contributed by atoms with Crippen molar-refractivity contribution in [2.75, 3.05) is 0 Å². The van der Waals surface area contributed by atoms with Gasteiger partial charge >= 0.3 is 0 Å². The molecule has 5 nitrogen and oxygen atoms in total. The largest absolute Gasteiger partial charge is 0.344 e. The van der Waals surface area contributed by atoms with Gasteiger partial charge in [-0.2, -0.15) is 0 Å².